The first-order chi connectivity index (χ1) is 9.06. The summed E-state index contributed by atoms with van der Waals surface area (Å²) in [5, 5.41) is 11.2. The molecule has 7 heteroatoms. The number of hydrogen-bond donors (Lipinski definition) is 2. The van der Waals surface area contributed by atoms with Gasteiger partial charge in [-0.25, -0.2) is 4.79 Å². The van der Waals surface area contributed by atoms with Crippen LogP contribution in [0, 0.1) is 0 Å². The Hall–Kier alpha value is -2.15. The minimum Gasteiger partial charge on any atom is -0.478 e. The Morgan fingerprint density at radius 2 is 2.21 bits per heavy atom. The summed E-state index contributed by atoms with van der Waals surface area (Å²) in [6.07, 6.45) is 2.46. The lowest BCUT2D eigenvalue weighted by Gasteiger charge is -2.26. The van der Waals surface area contributed by atoms with E-state index in [0.29, 0.717) is 22.8 Å². The highest BCUT2D eigenvalue weighted by atomic mass is 32.1. The van der Waals surface area contributed by atoms with Gasteiger partial charge in [-0.05, 0) is 18.2 Å². The van der Waals surface area contributed by atoms with Gasteiger partial charge < -0.3 is 15.3 Å². The van der Waals surface area contributed by atoms with Crippen molar-refractivity contribution >= 4 is 35.2 Å². The van der Waals surface area contributed by atoms with E-state index in [4.69, 9.17) is 5.11 Å². The van der Waals surface area contributed by atoms with Gasteiger partial charge in [0.15, 0.2) is 0 Å². The number of hydrogen-bond acceptors (Lipinski definition) is 4. The average Bonchev–Trinajstić information content (AvgIpc) is 2.84. The molecule has 0 atom stereocenters. The van der Waals surface area contributed by atoms with Gasteiger partial charge in [-0.2, -0.15) is 0 Å². The van der Waals surface area contributed by atoms with E-state index >= 15 is 0 Å². The number of aliphatic carboxylic acids is 1. The van der Waals surface area contributed by atoms with E-state index in [1.54, 1.807) is 12.1 Å². The number of carboxylic acid groups (broad SMARTS) is 1. The standard InChI is InChI=1S/C12H12N2O4S/c15-10-7-14(6-5-13-10)12(18)9-3-1-8(19-9)2-4-11(16)17/h1-4H,5-7H2,(H,13,15)(H,16,17). The molecule has 0 aromatic carbocycles. The Labute approximate surface area is 113 Å². The van der Waals surface area contributed by atoms with Gasteiger partial charge in [0.2, 0.25) is 5.91 Å². The average molecular weight is 280 g/mol. The number of amides is 2. The van der Waals surface area contributed by atoms with Crippen LogP contribution in [0.15, 0.2) is 18.2 Å². The summed E-state index contributed by atoms with van der Waals surface area (Å²) < 4.78 is 0. The number of rotatable bonds is 3. The van der Waals surface area contributed by atoms with Crippen LogP contribution in [0.4, 0.5) is 0 Å². The molecular formula is C12H12N2O4S. The molecule has 0 spiro atoms. The van der Waals surface area contributed by atoms with E-state index < -0.39 is 5.97 Å². The van der Waals surface area contributed by atoms with E-state index in [1.807, 2.05) is 0 Å². The van der Waals surface area contributed by atoms with Gasteiger partial charge in [-0.3, -0.25) is 9.59 Å². The fourth-order valence-electron chi connectivity index (χ4n) is 1.68. The van der Waals surface area contributed by atoms with Gasteiger partial charge in [0.25, 0.3) is 5.91 Å². The Kier molecular flexibility index (Phi) is 3.96. The zero-order chi connectivity index (χ0) is 13.8. The fourth-order valence-corrected chi connectivity index (χ4v) is 2.56. The molecule has 19 heavy (non-hydrogen) atoms. The SMILES string of the molecule is O=C(O)C=Cc1ccc(C(=O)N2CCNC(=O)C2)s1. The maximum atomic E-state index is 12.1. The molecule has 100 valence electrons. The lowest BCUT2D eigenvalue weighted by Crippen LogP contribution is -2.49. The Balaban J connectivity index is 2.07. The van der Waals surface area contributed by atoms with E-state index in [2.05, 4.69) is 5.32 Å². The zero-order valence-corrected chi connectivity index (χ0v) is 10.8. The van der Waals surface area contributed by atoms with Crippen LogP contribution in [0.2, 0.25) is 0 Å². The van der Waals surface area contributed by atoms with Gasteiger partial charge in [-0.1, -0.05) is 0 Å². The summed E-state index contributed by atoms with van der Waals surface area (Å²) in [4.78, 5) is 36.4. The second-order valence-corrected chi connectivity index (χ2v) is 5.07. The molecule has 1 saturated heterocycles. The number of carboxylic acids is 1. The van der Waals surface area contributed by atoms with E-state index in [1.165, 1.54) is 22.3 Å². The largest absolute Gasteiger partial charge is 0.478 e. The summed E-state index contributed by atoms with van der Waals surface area (Å²) in [6, 6.07) is 3.32. The van der Waals surface area contributed by atoms with Gasteiger partial charge >= 0.3 is 5.97 Å². The van der Waals surface area contributed by atoms with Crippen molar-refractivity contribution in [2.45, 2.75) is 0 Å². The van der Waals surface area contributed by atoms with Crippen LogP contribution in [-0.4, -0.2) is 47.4 Å². The van der Waals surface area contributed by atoms with Crippen molar-refractivity contribution < 1.29 is 19.5 Å². The quantitative estimate of drug-likeness (QED) is 0.786. The van der Waals surface area contributed by atoms with Crippen molar-refractivity contribution in [3.8, 4) is 0 Å². The van der Waals surface area contributed by atoms with E-state index in [-0.39, 0.29) is 18.4 Å². The third-order valence-corrected chi connectivity index (χ3v) is 3.59. The minimum atomic E-state index is -1.03. The Bertz CT molecular complexity index is 550. The molecule has 2 rings (SSSR count). The van der Waals surface area contributed by atoms with Crippen LogP contribution in [0.1, 0.15) is 14.5 Å². The van der Waals surface area contributed by atoms with Crippen molar-refractivity contribution in [3.63, 3.8) is 0 Å². The minimum absolute atomic E-state index is 0.0665. The van der Waals surface area contributed by atoms with Crippen LogP contribution >= 0.6 is 11.3 Å². The van der Waals surface area contributed by atoms with Gasteiger partial charge in [-0.15, -0.1) is 11.3 Å². The molecule has 1 aliphatic heterocycles. The number of piperazine rings is 1. The number of thiophene rings is 1. The van der Waals surface area contributed by atoms with E-state index in [9.17, 15) is 14.4 Å². The molecule has 6 nitrogen and oxygen atoms in total. The summed E-state index contributed by atoms with van der Waals surface area (Å²) in [6.45, 7) is 1.02. The molecule has 0 radical (unpaired) electrons. The van der Waals surface area contributed by atoms with Gasteiger partial charge in [0.05, 0.1) is 11.4 Å². The predicted octanol–water partition coefficient (Wildman–Crippen LogP) is 0.418. The van der Waals surface area contributed by atoms with Crippen molar-refractivity contribution in [2.75, 3.05) is 19.6 Å². The normalized spacial score (nSPS) is 15.6. The van der Waals surface area contributed by atoms with Crippen LogP contribution in [0.25, 0.3) is 6.08 Å². The number of nitrogens with one attached hydrogen (secondary N) is 1. The summed E-state index contributed by atoms with van der Waals surface area (Å²) in [5.74, 6) is -1.40. The first kappa shape index (κ1) is 13.3. The first-order valence-corrected chi connectivity index (χ1v) is 6.45. The molecular weight excluding hydrogens is 268 g/mol. The molecule has 1 fully saturated rings. The highest BCUT2D eigenvalue weighted by Crippen LogP contribution is 2.20. The molecule has 0 aliphatic carbocycles. The van der Waals surface area contributed by atoms with Gasteiger partial charge in [0, 0.05) is 24.0 Å². The highest BCUT2D eigenvalue weighted by molar-refractivity contribution is 7.14. The Morgan fingerprint density at radius 3 is 2.89 bits per heavy atom. The van der Waals surface area contributed by atoms with Crippen LogP contribution < -0.4 is 5.32 Å². The highest BCUT2D eigenvalue weighted by Gasteiger charge is 2.23. The molecule has 1 aromatic rings. The van der Waals surface area contributed by atoms with Crippen LogP contribution in [-0.2, 0) is 9.59 Å². The van der Waals surface area contributed by atoms with Crippen molar-refractivity contribution in [3.05, 3.63) is 28.0 Å². The third kappa shape index (κ3) is 3.41. The van der Waals surface area contributed by atoms with Crippen molar-refractivity contribution in [1.82, 2.24) is 10.2 Å². The molecule has 2 heterocycles. The number of carbonyl (C=O) groups is 3. The maximum absolute atomic E-state index is 12.1. The lowest BCUT2D eigenvalue weighted by atomic mass is 10.3. The third-order valence-electron chi connectivity index (χ3n) is 2.55. The van der Waals surface area contributed by atoms with Crippen molar-refractivity contribution in [2.24, 2.45) is 0 Å². The molecule has 2 N–H and O–H groups in total. The first-order valence-electron chi connectivity index (χ1n) is 5.63. The van der Waals surface area contributed by atoms with Crippen LogP contribution in [0.3, 0.4) is 0 Å². The monoisotopic (exact) mass is 280 g/mol. The molecule has 2 amide bonds. The topological polar surface area (TPSA) is 86.7 Å². The van der Waals surface area contributed by atoms with Gasteiger partial charge in [0.1, 0.15) is 0 Å². The summed E-state index contributed by atoms with van der Waals surface area (Å²) in [5.41, 5.74) is 0. The van der Waals surface area contributed by atoms with Crippen LogP contribution in [0.5, 0.6) is 0 Å². The summed E-state index contributed by atoms with van der Waals surface area (Å²) >= 11 is 1.20. The fraction of sp³-hybridized carbons (Fsp3) is 0.250. The molecule has 0 bridgehead atoms. The maximum Gasteiger partial charge on any atom is 0.328 e. The van der Waals surface area contributed by atoms with E-state index in [0.717, 1.165) is 6.08 Å². The zero-order valence-electron chi connectivity index (χ0n) is 9.96. The molecule has 1 aromatic heterocycles. The molecule has 0 saturated carbocycles. The smallest absolute Gasteiger partial charge is 0.328 e. The second-order valence-electron chi connectivity index (χ2n) is 3.95. The lowest BCUT2D eigenvalue weighted by molar-refractivity contribution is -0.131. The van der Waals surface area contributed by atoms with Crippen molar-refractivity contribution in [1.29, 1.82) is 0 Å². The Morgan fingerprint density at radius 1 is 1.42 bits per heavy atom. The second kappa shape index (κ2) is 5.66. The number of nitrogens with zero attached hydrogens (tertiary/aromatic N) is 1. The predicted molar refractivity (Wildman–Crippen MR) is 69.9 cm³/mol. The number of carbonyl (C=O) groups excluding carboxylic acids is 2. The molecule has 1 aliphatic rings. The molecule has 0 unspecified atom stereocenters. The summed E-state index contributed by atoms with van der Waals surface area (Å²) in [7, 11) is 0.